The lowest BCUT2D eigenvalue weighted by atomic mass is 9.86. The monoisotopic (exact) mass is 306 g/mol. The lowest BCUT2D eigenvalue weighted by Gasteiger charge is -2.40. The van der Waals surface area contributed by atoms with E-state index in [9.17, 15) is 4.79 Å². The Bertz CT molecular complexity index is 475. The molecule has 1 amide bonds. The number of piperidine rings is 1. The molecule has 1 aliphatic heterocycles. The minimum atomic E-state index is 0.110. The highest BCUT2D eigenvalue weighted by atomic mass is 35.5. The van der Waals surface area contributed by atoms with Gasteiger partial charge in [-0.25, -0.2) is 0 Å². The normalized spacial score (nSPS) is 25.6. The molecule has 1 heterocycles. The van der Waals surface area contributed by atoms with Crippen molar-refractivity contribution in [1.29, 1.82) is 0 Å². The van der Waals surface area contributed by atoms with Crippen molar-refractivity contribution in [2.24, 2.45) is 5.92 Å². The number of hydrogen-bond donors (Lipinski definition) is 1. The Morgan fingerprint density at radius 1 is 1.24 bits per heavy atom. The molecule has 2 unspecified atom stereocenters. The van der Waals surface area contributed by atoms with Crippen LogP contribution in [0, 0.1) is 5.92 Å². The summed E-state index contributed by atoms with van der Waals surface area (Å²) < 4.78 is 0. The smallest absolute Gasteiger partial charge is 0.238 e. The predicted octanol–water partition coefficient (Wildman–Crippen LogP) is 2.44. The molecular formula is C17H23ClN2O. The van der Waals surface area contributed by atoms with Crippen LogP contribution < -0.4 is 5.32 Å². The van der Waals surface area contributed by atoms with Gasteiger partial charge in [-0.3, -0.25) is 4.79 Å². The van der Waals surface area contributed by atoms with Gasteiger partial charge in [0.05, 0.1) is 0 Å². The van der Waals surface area contributed by atoms with Crippen molar-refractivity contribution >= 4 is 17.5 Å². The summed E-state index contributed by atoms with van der Waals surface area (Å²) in [5.74, 6) is 0.705. The molecule has 0 aromatic heterocycles. The van der Waals surface area contributed by atoms with Gasteiger partial charge in [0.15, 0.2) is 0 Å². The van der Waals surface area contributed by atoms with Crippen molar-refractivity contribution in [1.82, 2.24) is 10.2 Å². The average molecular weight is 307 g/mol. The summed E-state index contributed by atoms with van der Waals surface area (Å²) in [5, 5.41) is 3.49. The maximum absolute atomic E-state index is 12.3. The van der Waals surface area contributed by atoms with Gasteiger partial charge in [0.1, 0.15) is 5.88 Å². The number of hydrogen-bond acceptors (Lipinski definition) is 2. The van der Waals surface area contributed by atoms with Crippen LogP contribution in [0.25, 0.3) is 0 Å². The molecule has 1 aromatic carbocycles. The first-order valence-corrected chi connectivity index (χ1v) is 8.45. The van der Waals surface area contributed by atoms with Gasteiger partial charge in [0.2, 0.25) is 5.91 Å². The van der Waals surface area contributed by atoms with Crippen LogP contribution in [0.3, 0.4) is 0 Å². The van der Waals surface area contributed by atoms with Crippen LogP contribution in [0.2, 0.25) is 0 Å². The van der Waals surface area contributed by atoms with E-state index in [-0.39, 0.29) is 11.8 Å². The summed E-state index contributed by atoms with van der Waals surface area (Å²) in [6.07, 6.45) is 4.35. The largest absolute Gasteiger partial charge is 0.335 e. The molecule has 4 heteroatoms. The van der Waals surface area contributed by atoms with E-state index in [4.69, 9.17) is 11.6 Å². The van der Waals surface area contributed by atoms with Gasteiger partial charge >= 0.3 is 0 Å². The zero-order chi connectivity index (χ0) is 14.7. The molecule has 2 aliphatic rings. The lowest BCUT2D eigenvalue weighted by molar-refractivity contribution is -0.133. The van der Waals surface area contributed by atoms with E-state index < -0.39 is 0 Å². The minimum absolute atomic E-state index is 0.110. The standard InChI is InChI=1S/C17H23ClN2O/c18-11-17(21)20(15-6-7-15)16-8-9-19-12-14(16)10-13-4-2-1-3-5-13/h1-5,14-16,19H,6-12H2. The first-order valence-electron chi connectivity index (χ1n) is 7.91. The molecule has 0 radical (unpaired) electrons. The highest BCUT2D eigenvalue weighted by Gasteiger charge is 2.40. The second kappa shape index (κ2) is 6.80. The summed E-state index contributed by atoms with van der Waals surface area (Å²) in [6.45, 7) is 1.98. The van der Waals surface area contributed by atoms with E-state index in [0.717, 1.165) is 38.8 Å². The van der Waals surface area contributed by atoms with Crippen molar-refractivity contribution in [2.45, 2.75) is 37.8 Å². The summed E-state index contributed by atoms with van der Waals surface area (Å²) in [7, 11) is 0. The third kappa shape index (κ3) is 3.58. The maximum Gasteiger partial charge on any atom is 0.238 e. The van der Waals surface area contributed by atoms with Crippen LogP contribution in [0.4, 0.5) is 0 Å². The number of halogens is 1. The molecule has 1 saturated carbocycles. The van der Waals surface area contributed by atoms with E-state index in [2.05, 4.69) is 34.5 Å². The highest BCUT2D eigenvalue weighted by molar-refractivity contribution is 6.27. The number of amides is 1. The molecule has 21 heavy (non-hydrogen) atoms. The van der Waals surface area contributed by atoms with Gasteiger partial charge in [0, 0.05) is 18.6 Å². The fraction of sp³-hybridized carbons (Fsp3) is 0.588. The third-order valence-corrected chi connectivity index (χ3v) is 4.84. The molecular weight excluding hydrogens is 284 g/mol. The van der Waals surface area contributed by atoms with Crippen LogP contribution in [0.5, 0.6) is 0 Å². The number of rotatable bonds is 5. The second-order valence-electron chi connectivity index (χ2n) is 6.18. The molecule has 3 rings (SSSR count). The van der Waals surface area contributed by atoms with Gasteiger partial charge in [0.25, 0.3) is 0 Å². The number of benzene rings is 1. The summed E-state index contributed by atoms with van der Waals surface area (Å²) in [4.78, 5) is 14.4. The zero-order valence-corrected chi connectivity index (χ0v) is 13.1. The van der Waals surface area contributed by atoms with Gasteiger partial charge in [-0.2, -0.15) is 0 Å². The first-order chi connectivity index (χ1) is 10.3. The van der Waals surface area contributed by atoms with Crippen LogP contribution in [-0.2, 0) is 11.2 Å². The molecule has 114 valence electrons. The Hall–Kier alpha value is -1.06. The molecule has 2 fully saturated rings. The van der Waals surface area contributed by atoms with Crippen LogP contribution in [0.15, 0.2) is 30.3 Å². The Kier molecular flexibility index (Phi) is 4.81. The summed E-state index contributed by atoms with van der Waals surface area (Å²) >= 11 is 5.84. The van der Waals surface area contributed by atoms with Gasteiger partial charge in [-0.15, -0.1) is 11.6 Å². The summed E-state index contributed by atoms with van der Waals surface area (Å²) in [5.41, 5.74) is 1.35. The van der Waals surface area contributed by atoms with E-state index in [1.165, 1.54) is 5.56 Å². The Morgan fingerprint density at radius 2 is 2.00 bits per heavy atom. The van der Waals surface area contributed by atoms with E-state index >= 15 is 0 Å². The average Bonchev–Trinajstić information content (AvgIpc) is 3.35. The van der Waals surface area contributed by atoms with Crippen molar-refractivity contribution < 1.29 is 4.79 Å². The lowest BCUT2D eigenvalue weighted by Crippen LogP contribution is -2.53. The molecule has 2 atom stereocenters. The SMILES string of the molecule is O=C(CCl)N(C1CC1)C1CCNCC1Cc1ccccc1. The third-order valence-electron chi connectivity index (χ3n) is 4.61. The fourth-order valence-electron chi connectivity index (χ4n) is 3.48. The molecule has 0 spiro atoms. The number of alkyl halides is 1. The van der Waals surface area contributed by atoms with E-state index in [1.807, 2.05) is 6.07 Å². The van der Waals surface area contributed by atoms with E-state index in [0.29, 0.717) is 18.0 Å². The van der Waals surface area contributed by atoms with Crippen molar-refractivity contribution in [3.05, 3.63) is 35.9 Å². The molecule has 1 aromatic rings. The van der Waals surface area contributed by atoms with Crippen LogP contribution in [0.1, 0.15) is 24.8 Å². The Labute approximate surface area is 131 Å². The van der Waals surface area contributed by atoms with Crippen LogP contribution in [-0.4, -0.2) is 41.9 Å². The summed E-state index contributed by atoms with van der Waals surface area (Å²) in [6, 6.07) is 11.4. The van der Waals surface area contributed by atoms with Crippen molar-refractivity contribution in [2.75, 3.05) is 19.0 Å². The van der Waals surface area contributed by atoms with Gasteiger partial charge in [-0.05, 0) is 43.7 Å². The topological polar surface area (TPSA) is 32.3 Å². The van der Waals surface area contributed by atoms with E-state index in [1.54, 1.807) is 0 Å². The van der Waals surface area contributed by atoms with Crippen molar-refractivity contribution in [3.8, 4) is 0 Å². The van der Waals surface area contributed by atoms with Crippen LogP contribution >= 0.6 is 11.6 Å². The predicted molar refractivity (Wildman–Crippen MR) is 85.5 cm³/mol. The first kappa shape index (κ1) is 14.9. The number of carbonyl (C=O) groups is 1. The Morgan fingerprint density at radius 3 is 2.67 bits per heavy atom. The molecule has 1 N–H and O–H groups in total. The van der Waals surface area contributed by atoms with Gasteiger partial charge < -0.3 is 10.2 Å². The molecule has 0 bridgehead atoms. The highest BCUT2D eigenvalue weighted by Crippen LogP contribution is 2.34. The second-order valence-corrected chi connectivity index (χ2v) is 6.44. The fourth-order valence-corrected chi connectivity index (χ4v) is 3.62. The number of carbonyl (C=O) groups excluding carboxylic acids is 1. The minimum Gasteiger partial charge on any atom is -0.335 e. The Balaban J connectivity index is 1.75. The molecule has 3 nitrogen and oxygen atoms in total. The van der Waals surface area contributed by atoms with Crippen molar-refractivity contribution in [3.63, 3.8) is 0 Å². The quantitative estimate of drug-likeness (QED) is 0.848. The molecule has 1 aliphatic carbocycles. The number of nitrogens with zero attached hydrogens (tertiary/aromatic N) is 1. The maximum atomic E-state index is 12.3. The van der Waals surface area contributed by atoms with Gasteiger partial charge in [-0.1, -0.05) is 30.3 Å². The molecule has 1 saturated heterocycles. The zero-order valence-electron chi connectivity index (χ0n) is 12.3. The number of nitrogens with one attached hydrogen (secondary N) is 1.